The predicted octanol–water partition coefficient (Wildman–Crippen LogP) is 2.45. The van der Waals surface area contributed by atoms with Crippen molar-refractivity contribution in [2.24, 2.45) is 0 Å². The van der Waals surface area contributed by atoms with Crippen LogP contribution in [-0.2, 0) is 5.75 Å². The Morgan fingerprint density at radius 2 is 2.17 bits per heavy atom. The summed E-state index contributed by atoms with van der Waals surface area (Å²) in [5.74, 6) is 3.41. The zero-order valence-corrected chi connectivity index (χ0v) is 11.0. The quantitative estimate of drug-likeness (QED) is 0.855. The van der Waals surface area contributed by atoms with Crippen molar-refractivity contribution in [3.8, 4) is 0 Å². The van der Waals surface area contributed by atoms with Gasteiger partial charge in [-0.25, -0.2) is 4.98 Å². The van der Waals surface area contributed by atoms with Gasteiger partial charge in [-0.3, -0.25) is 5.10 Å². The van der Waals surface area contributed by atoms with Crippen LogP contribution in [0.3, 0.4) is 0 Å². The van der Waals surface area contributed by atoms with Crippen LogP contribution in [0.15, 0.2) is 9.57 Å². The third kappa shape index (κ3) is 2.55. The first-order chi connectivity index (χ1) is 8.81. The minimum Gasteiger partial charge on any atom is -0.425 e. The summed E-state index contributed by atoms with van der Waals surface area (Å²) in [6, 6.07) is 0. The molecule has 2 aromatic heterocycles. The van der Waals surface area contributed by atoms with Gasteiger partial charge in [-0.2, -0.15) is 0 Å². The molecule has 18 heavy (non-hydrogen) atoms. The summed E-state index contributed by atoms with van der Waals surface area (Å²) in [7, 11) is 0. The van der Waals surface area contributed by atoms with E-state index in [0.717, 1.165) is 11.0 Å². The van der Waals surface area contributed by atoms with Gasteiger partial charge in [-0.1, -0.05) is 24.6 Å². The lowest BCUT2D eigenvalue weighted by molar-refractivity contribution is 0.485. The first-order valence-corrected chi connectivity index (χ1v) is 7.14. The van der Waals surface area contributed by atoms with Crippen molar-refractivity contribution in [2.75, 3.05) is 0 Å². The number of thioether (sulfide) groups is 1. The Kier molecular flexibility index (Phi) is 3.31. The smallest absolute Gasteiger partial charge is 0.226 e. The molecule has 0 atom stereocenters. The van der Waals surface area contributed by atoms with Crippen molar-refractivity contribution in [3.63, 3.8) is 0 Å². The van der Waals surface area contributed by atoms with Gasteiger partial charge in [-0.05, 0) is 12.8 Å². The zero-order chi connectivity index (χ0) is 12.4. The molecule has 2 aromatic rings. The van der Waals surface area contributed by atoms with Crippen LogP contribution >= 0.6 is 11.8 Å². The maximum atomic E-state index is 5.30. The van der Waals surface area contributed by atoms with Crippen molar-refractivity contribution < 1.29 is 4.42 Å². The second-order valence-corrected chi connectivity index (χ2v) is 5.43. The monoisotopic (exact) mass is 265 g/mol. The molecule has 96 valence electrons. The summed E-state index contributed by atoms with van der Waals surface area (Å²) < 4.78 is 5.30. The lowest BCUT2D eigenvalue weighted by atomic mass is 10.1. The molecule has 1 saturated carbocycles. The van der Waals surface area contributed by atoms with Crippen LogP contribution in [0.5, 0.6) is 0 Å². The molecule has 0 bridgehead atoms. The molecule has 1 aliphatic carbocycles. The molecule has 1 N–H and O–H groups in total. The molecule has 0 saturated heterocycles. The summed E-state index contributed by atoms with van der Waals surface area (Å²) in [5.41, 5.74) is 0. The van der Waals surface area contributed by atoms with E-state index in [2.05, 4.69) is 25.4 Å². The van der Waals surface area contributed by atoms with Crippen molar-refractivity contribution in [3.05, 3.63) is 17.6 Å². The Balaban J connectivity index is 1.59. The molecule has 7 heteroatoms. The van der Waals surface area contributed by atoms with Gasteiger partial charge in [0.2, 0.25) is 16.9 Å². The summed E-state index contributed by atoms with van der Waals surface area (Å²) in [6.07, 6.45) is 5.05. The van der Waals surface area contributed by atoms with Gasteiger partial charge in [0.05, 0.1) is 5.75 Å². The lowest BCUT2D eigenvalue weighted by Crippen LogP contribution is -1.94. The fraction of sp³-hybridized carbons (Fsp3) is 0.636. The summed E-state index contributed by atoms with van der Waals surface area (Å²) in [5, 5.41) is 15.7. The molecule has 0 amide bonds. The topological polar surface area (TPSA) is 80.5 Å². The van der Waals surface area contributed by atoms with E-state index in [1.807, 2.05) is 0 Å². The minimum absolute atomic E-state index is 0.567. The Morgan fingerprint density at radius 3 is 2.89 bits per heavy atom. The number of H-pyrrole nitrogens is 1. The Hall–Kier alpha value is -1.37. The summed E-state index contributed by atoms with van der Waals surface area (Å²) >= 11 is 1.52. The number of aromatic amines is 1. The molecule has 3 rings (SSSR count). The minimum atomic E-state index is 0.567. The Morgan fingerprint density at radius 1 is 1.33 bits per heavy atom. The second kappa shape index (κ2) is 5.09. The highest BCUT2D eigenvalue weighted by Crippen LogP contribution is 2.32. The van der Waals surface area contributed by atoms with Crippen LogP contribution in [-0.4, -0.2) is 25.4 Å². The second-order valence-electron chi connectivity index (χ2n) is 4.49. The maximum Gasteiger partial charge on any atom is 0.226 e. The van der Waals surface area contributed by atoms with Gasteiger partial charge in [0.1, 0.15) is 5.82 Å². The van der Waals surface area contributed by atoms with Crippen LogP contribution < -0.4 is 0 Å². The molecule has 0 aromatic carbocycles. The number of aryl methyl sites for hydroxylation is 1. The van der Waals surface area contributed by atoms with Gasteiger partial charge < -0.3 is 4.42 Å². The highest BCUT2D eigenvalue weighted by Gasteiger charge is 2.20. The van der Waals surface area contributed by atoms with E-state index in [1.54, 1.807) is 6.92 Å². The molecule has 6 nitrogen and oxygen atoms in total. The number of hydrogen-bond donors (Lipinski definition) is 1. The van der Waals surface area contributed by atoms with Gasteiger partial charge >= 0.3 is 0 Å². The SMILES string of the molecule is Cc1nnc(CSc2n[nH]c(C3CCCC3)n2)o1. The fourth-order valence-corrected chi connectivity index (χ4v) is 2.87. The van der Waals surface area contributed by atoms with Crippen LogP contribution in [0.25, 0.3) is 0 Å². The highest BCUT2D eigenvalue weighted by atomic mass is 32.2. The standard InChI is InChI=1S/C11H15N5OS/c1-7-13-14-9(17-7)6-18-11-12-10(15-16-11)8-4-2-3-5-8/h8H,2-6H2,1H3,(H,12,15,16). The van der Waals surface area contributed by atoms with Crippen LogP contribution in [0.1, 0.15) is 49.2 Å². The van der Waals surface area contributed by atoms with Crippen molar-refractivity contribution in [2.45, 2.75) is 49.4 Å². The third-order valence-electron chi connectivity index (χ3n) is 3.12. The normalized spacial score (nSPS) is 16.5. The molecule has 1 aliphatic rings. The van der Waals surface area contributed by atoms with E-state index in [9.17, 15) is 0 Å². The maximum absolute atomic E-state index is 5.30. The number of hydrogen-bond acceptors (Lipinski definition) is 6. The Labute approximate surface area is 109 Å². The molecular weight excluding hydrogens is 250 g/mol. The van der Waals surface area contributed by atoms with Crippen molar-refractivity contribution >= 4 is 11.8 Å². The van der Waals surface area contributed by atoms with Gasteiger partial charge in [0.25, 0.3) is 0 Å². The van der Waals surface area contributed by atoms with E-state index in [1.165, 1.54) is 37.4 Å². The van der Waals surface area contributed by atoms with Gasteiger partial charge in [0.15, 0.2) is 0 Å². The van der Waals surface area contributed by atoms with E-state index in [-0.39, 0.29) is 0 Å². The van der Waals surface area contributed by atoms with Crippen LogP contribution in [0.4, 0.5) is 0 Å². The number of rotatable bonds is 4. The highest BCUT2D eigenvalue weighted by molar-refractivity contribution is 7.98. The molecule has 0 unspecified atom stereocenters. The van der Waals surface area contributed by atoms with E-state index >= 15 is 0 Å². The van der Waals surface area contributed by atoms with Crippen molar-refractivity contribution in [1.29, 1.82) is 0 Å². The lowest BCUT2D eigenvalue weighted by Gasteiger charge is -2.01. The van der Waals surface area contributed by atoms with Crippen LogP contribution in [0, 0.1) is 6.92 Å². The van der Waals surface area contributed by atoms with E-state index in [4.69, 9.17) is 4.42 Å². The molecular formula is C11H15N5OS. The molecule has 2 heterocycles. The van der Waals surface area contributed by atoms with Crippen LogP contribution in [0.2, 0.25) is 0 Å². The summed E-state index contributed by atoms with van der Waals surface area (Å²) in [6.45, 7) is 1.78. The average Bonchev–Trinajstić information content (AvgIpc) is 3.07. The molecule has 0 spiro atoms. The fourth-order valence-electron chi connectivity index (χ4n) is 2.23. The van der Waals surface area contributed by atoms with Gasteiger partial charge in [0, 0.05) is 12.8 Å². The first-order valence-electron chi connectivity index (χ1n) is 6.15. The number of nitrogens with one attached hydrogen (secondary N) is 1. The average molecular weight is 265 g/mol. The van der Waals surface area contributed by atoms with Gasteiger partial charge in [-0.15, -0.1) is 15.3 Å². The molecule has 1 fully saturated rings. The number of aromatic nitrogens is 5. The van der Waals surface area contributed by atoms with E-state index in [0.29, 0.717) is 23.5 Å². The van der Waals surface area contributed by atoms with E-state index < -0.39 is 0 Å². The first kappa shape index (κ1) is 11.7. The number of nitrogens with zero attached hydrogens (tertiary/aromatic N) is 4. The zero-order valence-electron chi connectivity index (χ0n) is 10.2. The molecule has 0 aliphatic heterocycles. The predicted molar refractivity (Wildman–Crippen MR) is 66.2 cm³/mol. The summed E-state index contributed by atoms with van der Waals surface area (Å²) in [4.78, 5) is 4.52. The Bertz CT molecular complexity index is 517. The van der Waals surface area contributed by atoms with Crippen molar-refractivity contribution in [1.82, 2.24) is 25.4 Å². The molecule has 0 radical (unpaired) electrons. The largest absolute Gasteiger partial charge is 0.425 e. The third-order valence-corrected chi connectivity index (χ3v) is 3.95.